The molecule has 0 amide bonds. The highest BCUT2D eigenvalue weighted by atomic mass is 19.4. The minimum atomic E-state index is -7.27. The van der Waals surface area contributed by atoms with Crippen LogP contribution in [0.2, 0.25) is 0 Å². The average molecular weight is 362 g/mol. The van der Waals surface area contributed by atoms with E-state index < -0.39 is 41.7 Å². The van der Waals surface area contributed by atoms with Crippen molar-refractivity contribution in [3.63, 3.8) is 0 Å². The number of alkyl halides is 12. The summed E-state index contributed by atoms with van der Waals surface area (Å²) in [5.74, 6) is -29.0. The van der Waals surface area contributed by atoms with E-state index in [2.05, 4.69) is 4.74 Å². The Morgan fingerprint density at radius 1 is 0.636 bits per heavy atom. The van der Waals surface area contributed by atoms with Crippen LogP contribution in [-0.4, -0.2) is 37.2 Å². The molecule has 0 radical (unpaired) electrons. The van der Waals surface area contributed by atoms with Crippen LogP contribution >= 0.6 is 0 Å². The van der Waals surface area contributed by atoms with Crippen LogP contribution in [0.25, 0.3) is 0 Å². The van der Waals surface area contributed by atoms with E-state index >= 15 is 0 Å². The first kappa shape index (κ1) is 20.6. The summed E-state index contributed by atoms with van der Waals surface area (Å²) in [6, 6.07) is 0. The number of hydrogen-bond donors (Lipinski definition) is 0. The van der Waals surface area contributed by atoms with Gasteiger partial charge in [-0.15, -0.1) is 0 Å². The standard InChI is InChI=1S/C8H3F13O/c1-22-3(5(12,13)7(16,17)18)2(9)4(10,11)6(14,15)8(19,20)21/h1H3. The third-order valence-corrected chi connectivity index (χ3v) is 2.07. The van der Waals surface area contributed by atoms with Crippen molar-refractivity contribution in [2.75, 3.05) is 7.11 Å². The first-order chi connectivity index (χ1) is 9.35. The smallest absolute Gasteiger partial charge is 0.461 e. The molecule has 0 aliphatic heterocycles. The number of halogens is 13. The summed E-state index contributed by atoms with van der Waals surface area (Å²) in [6.45, 7) is 0. The molecule has 132 valence electrons. The predicted molar refractivity (Wildman–Crippen MR) is 42.1 cm³/mol. The Kier molecular flexibility index (Phi) is 5.03. The lowest BCUT2D eigenvalue weighted by Gasteiger charge is -2.29. The molecule has 0 aromatic rings. The molecule has 0 aliphatic carbocycles. The van der Waals surface area contributed by atoms with Crippen molar-refractivity contribution >= 4 is 0 Å². The number of hydrogen-bond acceptors (Lipinski definition) is 1. The van der Waals surface area contributed by atoms with Crippen molar-refractivity contribution in [3.8, 4) is 0 Å². The van der Waals surface area contributed by atoms with Gasteiger partial charge in [-0.1, -0.05) is 0 Å². The summed E-state index contributed by atoms with van der Waals surface area (Å²) in [5, 5.41) is 0. The normalized spacial score (nSPS) is 16.5. The third-order valence-electron chi connectivity index (χ3n) is 2.07. The molecule has 0 fully saturated rings. The Morgan fingerprint density at radius 2 is 1.00 bits per heavy atom. The van der Waals surface area contributed by atoms with Crippen molar-refractivity contribution in [1.29, 1.82) is 0 Å². The number of ether oxygens (including phenoxy) is 1. The van der Waals surface area contributed by atoms with Crippen molar-refractivity contribution in [1.82, 2.24) is 0 Å². The largest absolute Gasteiger partial charge is 0.492 e. The fraction of sp³-hybridized carbons (Fsp3) is 0.750. The van der Waals surface area contributed by atoms with Gasteiger partial charge in [0.15, 0.2) is 0 Å². The van der Waals surface area contributed by atoms with E-state index in [0.29, 0.717) is 0 Å². The number of rotatable bonds is 4. The lowest BCUT2D eigenvalue weighted by Crippen LogP contribution is -2.53. The van der Waals surface area contributed by atoms with Crippen LogP contribution in [-0.2, 0) is 4.74 Å². The molecule has 0 atom stereocenters. The average Bonchev–Trinajstić information content (AvgIpc) is 2.25. The molecule has 1 nitrogen and oxygen atoms in total. The molecule has 14 heteroatoms. The first-order valence-electron chi connectivity index (χ1n) is 4.57. The van der Waals surface area contributed by atoms with Gasteiger partial charge in [0.05, 0.1) is 7.11 Å². The third kappa shape index (κ3) is 3.04. The zero-order valence-electron chi connectivity index (χ0n) is 9.82. The maximum atomic E-state index is 12.9. The van der Waals surface area contributed by atoms with E-state index in [1.54, 1.807) is 0 Å². The van der Waals surface area contributed by atoms with Crippen LogP contribution in [0.4, 0.5) is 57.1 Å². The Hall–Kier alpha value is -1.37. The quantitative estimate of drug-likeness (QED) is 0.514. The molecular weight excluding hydrogens is 359 g/mol. The highest BCUT2D eigenvalue weighted by Gasteiger charge is 2.77. The Balaban J connectivity index is 6.33. The molecule has 0 rings (SSSR count). The minimum Gasteiger partial charge on any atom is -0.492 e. The summed E-state index contributed by atoms with van der Waals surface area (Å²) in [5.41, 5.74) is 0. The zero-order chi connectivity index (χ0) is 18.4. The second-order valence-electron chi connectivity index (χ2n) is 3.57. The Bertz CT molecular complexity index is 440. The van der Waals surface area contributed by atoms with Crippen LogP contribution < -0.4 is 0 Å². The summed E-state index contributed by atoms with van der Waals surface area (Å²) >= 11 is 0. The molecule has 0 unspecified atom stereocenters. The van der Waals surface area contributed by atoms with Crippen LogP contribution in [0.1, 0.15) is 0 Å². The van der Waals surface area contributed by atoms with Crippen molar-refractivity contribution < 1.29 is 61.8 Å². The second kappa shape index (κ2) is 5.37. The fourth-order valence-corrected chi connectivity index (χ4v) is 0.943. The predicted octanol–water partition coefficient (Wildman–Crippen LogP) is 4.84. The minimum absolute atomic E-state index is 0.254. The van der Waals surface area contributed by atoms with E-state index in [1.165, 1.54) is 0 Å². The molecule has 0 bridgehead atoms. The first-order valence-corrected chi connectivity index (χ1v) is 4.57. The Morgan fingerprint density at radius 3 is 1.23 bits per heavy atom. The summed E-state index contributed by atoms with van der Waals surface area (Å²) in [6.07, 6.45) is -13.9. The van der Waals surface area contributed by atoms with Crippen molar-refractivity contribution in [2.45, 2.75) is 30.1 Å². The molecule has 22 heavy (non-hydrogen) atoms. The van der Waals surface area contributed by atoms with Crippen LogP contribution in [0.15, 0.2) is 11.6 Å². The van der Waals surface area contributed by atoms with Crippen molar-refractivity contribution in [2.24, 2.45) is 0 Å². The van der Waals surface area contributed by atoms with E-state index in [-0.39, 0.29) is 7.11 Å². The molecule has 0 heterocycles. The second-order valence-corrected chi connectivity index (χ2v) is 3.57. The number of allylic oxidation sites excluding steroid dienone is 2. The van der Waals surface area contributed by atoms with Gasteiger partial charge in [0.25, 0.3) is 0 Å². The van der Waals surface area contributed by atoms with Crippen LogP contribution in [0, 0.1) is 0 Å². The highest BCUT2D eigenvalue weighted by molar-refractivity contribution is 5.22. The van der Waals surface area contributed by atoms with Crippen molar-refractivity contribution in [3.05, 3.63) is 11.6 Å². The molecule has 0 aliphatic rings. The van der Waals surface area contributed by atoms with Gasteiger partial charge >= 0.3 is 30.1 Å². The van der Waals surface area contributed by atoms with E-state index in [0.717, 1.165) is 0 Å². The van der Waals surface area contributed by atoms with Crippen LogP contribution in [0.5, 0.6) is 0 Å². The maximum absolute atomic E-state index is 12.9. The topological polar surface area (TPSA) is 9.23 Å². The molecule has 0 spiro atoms. The highest BCUT2D eigenvalue weighted by Crippen LogP contribution is 2.53. The van der Waals surface area contributed by atoms with E-state index in [4.69, 9.17) is 0 Å². The lowest BCUT2D eigenvalue weighted by atomic mass is 10.1. The summed E-state index contributed by atoms with van der Waals surface area (Å²) < 4.78 is 162. The molecule has 0 saturated heterocycles. The monoisotopic (exact) mass is 362 g/mol. The molecular formula is C8H3F13O. The molecule has 0 aromatic heterocycles. The van der Waals surface area contributed by atoms with Gasteiger partial charge in [-0.25, -0.2) is 4.39 Å². The number of methoxy groups -OCH3 is 1. The maximum Gasteiger partial charge on any atom is 0.461 e. The van der Waals surface area contributed by atoms with Gasteiger partial charge < -0.3 is 4.74 Å². The van der Waals surface area contributed by atoms with Gasteiger partial charge in [-0.3, -0.25) is 0 Å². The van der Waals surface area contributed by atoms with Gasteiger partial charge in [-0.05, 0) is 0 Å². The summed E-state index contributed by atoms with van der Waals surface area (Å²) in [4.78, 5) is 0. The molecule has 0 aromatic carbocycles. The fourth-order valence-electron chi connectivity index (χ4n) is 0.943. The van der Waals surface area contributed by atoms with Gasteiger partial charge in [-0.2, -0.15) is 52.7 Å². The van der Waals surface area contributed by atoms with Gasteiger partial charge in [0.1, 0.15) is 0 Å². The zero-order valence-corrected chi connectivity index (χ0v) is 9.82. The SMILES string of the molecule is COC(=C(F)C(F)(F)C(F)(F)C(F)(F)F)C(F)(F)C(F)(F)F. The summed E-state index contributed by atoms with van der Waals surface area (Å²) in [7, 11) is -0.254. The Labute approximate surface area is 112 Å². The van der Waals surface area contributed by atoms with E-state index in [9.17, 15) is 57.1 Å². The lowest BCUT2D eigenvalue weighted by molar-refractivity contribution is -0.349. The van der Waals surface area contributed by atoms with Gasteiger partial charge in [0.2, 0.25) is 11.6 Å². The molecule has 0 N–H and O–H groups in total. The molecule has 0 saturated carbocycles. The van der Waals surface area contributed by atoms with Gasteiger partial charge in [0, 0.05) is 0 Å². The van der Waals surface area contributed by atoms with E-state index in [1.807, 2.05) is 0 Å². The van der Waals surface area contributed by atoms with Crippen LogP contribution in [0.3, 0.4) is 0 Å².